The summed E-state index contributed by atoms with van der Waals surface area (Å²) in [5.74, 6) is -1.74. The number of esters is 2. The Morgan fingerprint density at radius 2 is 1.90 bits per heavy atom. The summed E-state index contributed by atoms with van der Waals surface area (Å²) < 4.78 is 32.9. The molecule has 0 bridgehead atoms. The van der Waals surface area contributed by atoms with Crippen LogP contribution in [-0.4, -0.2) is 33.0 Å². The highest BCUT2D eigenvalue weighted by Gasteiger charge is 2.20. The number of carbonyl (C=O) groups is 2. The summed E-state index contributed by atoms with van der Waals surface area (Å²) in [5, 5.41) is 2.47. The predicted octanol–water partition coefficient (Wildman–Crippen LogP) is 1.20. The van der Waals surface area contributed by atoms with Crippen molar-refractivity contribution in [1.82, 2.24) is 0 Å². The van der Waals surface area contributed by atoms with Crippen LogP contribution in [0.4, 0.5) is 10.1 Å². The van der Waals surface area contributed by atoms with Gasteiger partial charge in [0.1, 0.15) is 5.70 Å². The van der Waals surface area contributed by atoms with Gasteiger partial charge in [-0.15, -0.1) is 0 Å². The van der Waals surface area contributed by atoms with Crippen molar-refractivity contribution in [1.29, 1.82) is 0 Å². The molecule has 21 heavy (non-hydrogen) atoms. The molecule has 112 valence electrons. The Morgan fingerprint density at radius 1 is 1.24 bits per heavy atom. The molecule has 7 nitrogen and oxygen atoms in total. The van der Waals surface area contributed by atoms with Crippen LogP contribution in [-0.2, 0) is 19.1 Å². The van der Waals surface area contributed by atoms with Gasteiger partial charge < -0.3 is 24.3 Å². The molecule has 1 N–H and O–H groups in total. The van der Waals surface area contributed by atoms with E-state index < -0.39 is 17.8 Å². The average molecular weight is 297 g/mol. The number of hydrogen-bond acceptors (Lipinski definition) is 7. The first-order valence-corrected chi connectivity index (χ1v) is 5.79. The van der Waals surface area contributed by atoms with E-state index in [9.17, 15) is 14.0 Å². The minimum Gasteiger partial charge on any atom is -0.466 e. The maximum Gasteiger partial charge on any atom is 0.354 e. The third-order valence-corrected chi connectivity index (χ3v) is 2.60. The minimum atomic E-state index is -0.850. The molecule has 1 aliphatic rings. The van der Waals surface area contributed by atoms with E-state index >= 15 is 0 Å². The first kappa shape index (κ1) is 14.6. The summed E-state index contributed by atoms with van der Waals surface area (Å²) in [5.41, 5.74) is -0.345. The van der Waals surface area contributed by atoms with Crippen LogP contribution in [0.2, 0.25) is 0 Å². The van der Waals surface area contributed by atoms with Gasteiger partial charge >= 0.3 is 11.9 Å². The van der Waals surface area contributed by atoms with E-state index in [-0.39, 0.29) is 23.9 Å². The lowest BCUT2D eigenvalue weighted by Crippen LogP contribution is -2.16. The van der Waals surface area contributed by atoms with E-state index in [1.807, 2.05) is 0 Å². The molecule has 0 saturated carbocycles. The van der Waals surface area contributed by atoms with E-state index in [4.69, 9.17) is 9.47 Å². The van der Waals surface area contributed by atoms with Crippen LogP contribution >= 0.6 is 0 Å². The summed E-state index contributed by atoms with van der Waals surface area (Å²) in [4.78, 5) is 22.8. The summed E-state index contributed by atoms with van der Waals surface area (Å²) in [7, 11) is 2.28. The summed E-state index contributed by atoms with van der Waals surface area (Å²) in [6, 6.07) is 2.42. The first-order chi connectivity index (χ1) is 10.0. The molecule has 0 atom stereocenters. The molecule has 8 heteroatoms. The van der Waals surface area contributed by atoms with Crippen LogP contribution < -0.4 is 14.8 Å². The van der Waals surface area contributed by atoms with Crippen molar-refractivity contribution in [2.24, 2.45) is 0 Å². The number of carbonyl (C=O) groups excluding carboxylic acids is 2. The zero-order valence-electron chi connectivity index (χ0n) is 11.3. The Balaban J connectivity index is 2.31. The molecular formula is C13H12FNO6. The van der Waals surface area contributed by atoms with Gasteiger partial charge in [0.25, 0.3) is 0 Å². The number of ether oxygens (including phenoxy) is 4. The number of rotatable bonds is 4. The number of methoxy groups -OCH3 is 2. The molecule has 0 aromatic heterocycles. The van der Waals surface area contributed by atoms with Crippen molar-refractivity contribution in [3.8, 4) is 11.5 Å². The highest BCUT2D eigenvalue weighted by Crippen LogP contribution is 2.36. The highest BCUT2D eigenvalue weighted by molar-refractivity contribution is 5.98. The van der Waals surface area contributed by atoms with Crippen LogP contribution in [0.5, 0.6) is 11.5 Å². The topological polar surface area (TPSA) is 83.1 Å². The van der Waals surface area contributed by atoms with Gasteiger partial charge in [0.05, 0.1) is 26.0 Å². The fraction of sp³-hybridized carbons (Fsp3) is 0.231. The van der Waals surface area contributed by atoms with E-state index in [1.54, 1.807) is 0 Å². The quantitative estimate of drug-likeness (QED) is 0.660. The Bertz CT molecular complexity index is 613. The summed E-state index contributed by atoms with van der Waals surface area (Å²) in [6.45, 7) is -0.0138. The zero-order chi connectivity index (χ0) is 15.4. The van der Waals surface area contributed by atoms with Crippen LogP contribution in [0.1, 0.15) is 0 Å². The maximum absolute atomic E-state index is 13.9. The van der Waals surface area contributed by atoms with E-state index in [0.29, 0.717) is 5.75 Å². The molecule has 0 saturated heterocycles. The molecule has 0 unspecified atom stereocenters. The maximum atomic E-state index is 13.9. The number of benzene rings is 1. The summed E-state index contributed by atoms with van der Waals surface area (Å²) in [6.07, 6.45) is 0.857. The van der Waals surface area contributed by atoms with Gasteiger partial charge in [0.15, 0.2) is 17.3 Å². The molecule has 1 aromatic rings. The van der Waals surface area contributed by atoms with Gasteiger partial charge in [0.2, 0.25) is 6.79 Å². The molecule has 0 fully saturated rings. The SMILES string of the molecule is COC(=O)/C=C(/Nc1cc2c(cc1F)OCO2)C(=O)OC. The fourth-order valence-corrected chi connectivity index (χ4v) is 1.59. The second kappa shape index (κ2) is 6.12. The van der Waals surface area contributed by atoms with Crippen molar-refractivity contribution in [3.63, 3.8) is 0 Å². The fourth-order valence-electron chi connectivity index (χ4n) is 1.59. The zero-order valence-corrected chi connectivity index (χ0v) is 11.3. The Kier molecular flexibility index (Phi) is 4.27. The molecule has 0 amide bonds. The third kappa shape index (κ3) is 3.22. The number of anilines is 1. The van der Waals surface area contributed by atoms with E-state index in [2.05, 4.69) is 14.8 Å². The lowest BCUT2D eigenvalue weighted by molar-refractivity contribution is -0.138. The number of halogens is 1. The van der Waals surface area contributed by atoms with Gasteiger partial charge in [-0.3, -0.25) is 0 Å². The third-order valence-electron chi connectivity index (χ3n) is 2.60. The number of nitrogens with one attached hydrogen (secondary N) is 1. The highest BCUT2D eigenvalue weighted by atomic mass is 19.1. The Morgan fingerprint density at radius 3 is 2.52 bits per heavy atom. The van der Waals surface area contributed by atoms with Crippen molar-refractivity contribution < 1.29 is 32.9 Å². The second-order valence-electron chi connectivity index (χ2n) is 3.88. The lowest BCUT2D eigenvalue weighted by Gasteiger charge is -2.10. The second-order valence-corrected chi connectivity index (χ2v) is 3.88. The van der Waals surface area contributed by atoms with Gasteiger partial charge in [-0.25, -0.2) is 14.0 Å². The Labute approximate surface area is 119 Å². The smallest absolute Gasteiger partial charge is 0.354 e. The van der Waals surface area contributed by atoms with Gasteiger partial charge in [0, 0.05) is 12.1 Å². The molecule has 0 spiro atoms. The van der Waals surface area contributed by atoms with Gasteiger partial charge in [-0.05, 0) is 0 Å². The normalized spacial score (nSPS) is 12.8. The molecule has 1 heterocycles. The number of fused-ring (bicyclic) bond motifs is 1. The molecule has 2 rings (SSSR count). The minimum absolute atomic E-state index is 0.0138. The number of hydrogen-bond donors (Lipinski definition) is 1. The summed E-state index contributed by atoms with van der Waals surface area (Å²) >= 11 is 0. The molecule has 0 aliphatic carbocycles. The largest absolute Gasteiger partial charge is 0.466 e. The van der Waals surface area contributed by atoms with Crippen LogP contribution in [0.3, 0.4) is 0 Å². The monoisotopic (exact) mass is 297 g/mol. The van der Waals surface area contributed by atoms with E-state index in [0.717, 1.165) is 26.4 Å². The van der Waals surface area contributed by atoms with Crippen molar-refractivity contribution in [2.45, 2.75) is 0 Å². The standard InChI is InChI=1S/C13H12FNO6/c1-18-12(16)5-9(13(17)19-2)15-8-4-11-10(3-7(8)14)20-6-21-11/h3-5,15H,6H2,1-2H3/b9-5+. The van der Waals surface area contributed by atoms with Crippen molar-refractivity contribution >= 4 is 17.6 Å². The molecule has 1 aromatic carbocycles. The van der Waals surface area contributed by atoms with Crippen molar-refractivity contribution in [3.05, 3.63) is 29.7 Å². The molecule has 0 radical (unpaired) electrons. The molecular weight excluding hydrogens is 285 g/mol. The van der Waals surface area contributed by atoms with Crippen molar-refractivity contribution in [2.75, 3.05) is 26.3 Å². The molecule has 1 aliphatic heterocycles. The van der Waals surface area contributed by atoms with Crippen LogP contribution in [0.25, 0.3) is 0 Å². The average Bonchev–Trinajstić information content (AvgIpc) is 2.92. The van der Waals surface area contributed by atoms with Crippen LogP contribution in [0.15, 0.2) is 23.9 Å². The van der Waals surface area contributed by atoms with Gasteiger partial charge in [-0.1, -0.05) is 0 Å². The van der Waals surface area contributed by atoms with E-state index in [1.165, 1.54) is 6.07 Å². The lowest BCUT2D eigenvalue weighted by atomic mass is 10.2. The van der Waals surface area contributed by atoms with Gasteiger partial charge in [-0.2, -0.15) is 0 Å². The van der Waals surface area contributed by atoms with Crippen LogP contribution in [0, 0.1) is 5.82 Å². The first-order valence-electron chi connectivity index (χ1n) is 5.79. The predicted molar refractivity (Wildman–Crippen MR) is 68.3 cm³/mol. The Hall–Kier alpha value is -2.77.